The van der Waals surface area contributed by atoms with Gasteiger partial charge in [-0.2, -0.15) is 0 Å². The molecule has 90 valence electrons. The summed E-state index contributed by atoms with van der Waals surface area (Å²) in [7, 11) is 0. The molecule has 3 nitrogen and oxygen atoms in total. The average Bonchev–Trinajstić information content (AvgIpc) is 2.98. The molecule has 0 aliphatic rings. The SMILES string of the molecule is C[C@H](Nc1cccs1)C(=O)OCc1cccs1. The van der Waals surface area contributed by atoms with Crippen molar-refractivity contribution in [2.24, 2.45) is 0 Å². The lowest BCUT2D eigenvalue weighted by atomic mass is 10.3. The van der Waals surface area contributed by atoms with Crippen molar-refractivity contribution in [3.63, 3.8) is 0 Å². The van der Waals surface area contributed by atoms with Crippen LogP contribution in [0.3, 0.4) is 0 Å². The fourth-order valence-electron chi connectivity index (χ4n) is 1.29. The van der Waals surface area contributed by atoms with Crippen LogP contribution in [0.2, 0.25) is 0 Å². The van der Waals surface area contributed by atoms with Gasteiger partial charge in [-0.3, -0.25) is 0 Å². The van der Waals surface area contributed by atoms with Crippen molar-refractivity contribution in [2.45, 2.75) is 19.6 Å². The van der Waals surface area contributed by atoms with Crippen molar-refractivity contribution < 1.29 is 9.53 Å². The normalized spacial score (nSPS) is 12.1. The van der Waals surface area contributed by atoms with Gasteiger partial charge in [-0.05, 0) is 35.9 Å². The van der Waals surface area contributed by atoms with E-state index in [-0.39, 0.29) is 12.0 Å². The summed E-state index contributed by atoms with van der Waals surface area (Å²) in [5, 5.41) is 8.01. The lowest BCUT2D eigenvalue weighted by Crippen LogP contribution is -2.27. The third-order valence-corrected chi connectivity index (χ3v) is 3.82. The molecule has 0 amide bonds. The zero-order chi connectivity index (χ0) is 12.1. The van der Waals surface area contributed by atoms with E-state index in [1.807, 2.05) is 35.0 Å². The van der Waals surface area contributed by atoms with E-state index < -0.39 is 0 Å². The Bertz CT molecular complexity index is 451. The van der Waals surface area contributed by atoms with Crippen LogP contribution in [0, 0.1) is 0 Å². The molecule has 2 rings (SSSR count). The molecule has 2 aromatic heterocycles. The van der Waals surface area contributed by atoms with Gasteiger partial charge >= 0.3 is 5.97 Å². The third kappa shape index (κ3) is 3.57. The summed E-state index contributed by atoms with van der Waals surface area (Å²) in [6.07, 6.45) is 0. The molecule has 0 radical (unpaired) electrons. The first-order valence-corrected chi connectivity index (χ1v) is 7.00. The Morgan fingerprint density at radius 3 is 2.76 bits per heavy atom. The Labute approximate surface area is 108 Å². The Balaban J connectivity index is 1.79. The number of hydrogen-bond acceptors (Lipinski definition) is 5. The first kappa shape index (κ1) is 12.1. The third-order valence-electron chi connectivity index (χ3n) is 2.17. The highest BCUT2D eigenvalue weighted by Gasteiger charge is 2.14. The number of carbonyl (C=O) groups is 1. The zero-order valence-corrected chi connectivity index (χ0v) is 11.0. The molecule has 0 aliphatic heterocycles. The molecule has 5 heteroatoms. The second-order valence-electron chi connectivity index (χ2n) is 3.53. The second kappa shape index (κ2) is 5.84. The minimum atomic E-state index is -0.325. The van der Waals surface area contributed by atoms with E-state index in [9.17, 15) is 4.79 Å². The molecule has 2 aromatic rings. The van der Waals surface area contributed by atoms with E-state index in [0.717, 1.165) is 9.88 Å². The van der Waals surface area contributed by atoms with Crippen LogP contribution in [0.5, 0.6) is 0 Å². The van der Waals surface area contributed by atoms with Crippen LogP contribution in [0.25, 0.3) is 0 Å². The number of hydrogen-bond donors (Lipinski definition) is 1. The molecule has 0 unspecified atom stereocenters. The van der Waals surface area contributed by atoms with E-state index in [2.05, 4.69) is 5.32 Å². The summed E-state index contributed by atoms with van der Waals surface area (Å²) in [5.41, 5.74) is 0. The molecule has 0 bridgehead atoms. The first-order valence-electron chi connectivity index (χ1n) is 5.25. The second-order valence-corrected chi connectivity index (χ2v) is 5.51. The number of carbonyl (C=O) groups excluding carboxylic acids is 1. The number of nitrogens with one attached hydrogen (secondary N) is 1. The quantitative estimate of drug-likeness (QED) is 0.844. The molecule has 0 aliphatic carbocycles. The summed E-state index contributed by atoms with van der Waals surface area (Å²) in [6, 6.07) is 7.45. The predicted molar refractivity (Wildman–Crippen MR) is 71.5 cm³/mol. The van der Waals surface area contributed by atoms with Gasteiger partial charge in [0.15, 0.2) is 0 Å². The van der Waals surface area contributed by atoms with Gasteiger partial charge in [0.2, 0.25) is 0 Å². The number of anilines is 1. The van der Waals surface area contributed by atoms with E-state index in [0.29, 0.717) is 6.61 Å². The molecule has 0 aromatic carbocycles. The van der Waals surface area contributed by atoms with Gasteiger partial charge in [0.1, 0.15) is 12.6 Å². The number of esters is 1. The Morgan fingerprint density at radius 1 is 1.35 bits per heavy atom. The van der Waals surface area contributed by atoms with Crippen molar-refractivity contribution in [3.8, 4) is 0 Å². The van der Waals surface area contributed by atoms with Crippen LogP contribution in [-0.2, 0) is 16.1 Å². The van der Waals surface area contributed by atoms with Crippen LogP contribution in [-0.4, -0.2) is 12.0 Å². The summed E-state index contributed by atoms with van der Waals surface area (Å²) in [5.74, 6) is -0.230. The smallest absolute Gasteiger partial charge is 0.328 e. The summed E-state index contributed by atoms with van der Waals surface area (Å²) >= 11 is 3.15. The van der Waals surface area contributed by atoms with Crippen molar-refractivity contribution >= 4 is 33.6 Å². The highest BCUT2D eigenvalue weighted by molar-refractivity contribution is 7.14. The molecule has 17 heavy (non-hydrogen) atoms. The van der Waals surface area contributed by atoms with Crippen molar-refractivity contribution in [1.29, 1.82) is 0 Å². The molecule has 0 saturated carbocycles. The van der Waals surface area contributed by atoms with Crippen LogP contribution in [0.4, 0.5) is 5.00 Å². The fraction of sp³-hybridized carbons (Fsp3) is 0.250. The maximum atomic E-state index is 11.7. The molecule has 1 atom stereocenters. The molecule has 0 spiro atoms. The van der Waals surface area contributed by atoms with Crippen LogP contribution >= 0.6 is 22.7 Å². The fourth-order valence-corrected chi connectivity index (χ4v) is 2.62. The Kier molecular flexibility index (Phi) is 4.17. The first-order chi connectivity index (χ1) is 8.25. The van der Waals surface area contributed by atoms with Gasteiger partial charge < -0.3 is 10.1 Å². The predicted octanol–water partition coefficient (Wildman–Crippen LogP) is 3.35. The van der Waals surface area contributed by atoms with Gasteiger partial charge in [-0.25, -0.2) is 4.79 Å². The summed E-state index contributed by atoms with van der Waals surface area (Å²) < 4.78 is 5.21. The van der Waals surface area contributed by atoms with Crippen molar-refractivity contribution in [2.75, 3.05) is 5.32 Å². The molecule has 0 fully saturated rings. The number of thiophene rings is 2. The van der Waals surface area contributed by atoms with Crippen LogP contribution < -0.4 is 5.32 Å². The maximum Gasteiger partial charge on any atom is 0.328 e. The lowest BCUT2D eigenvalue weighted by Gasteiger charge is -2.12. The lowest BCUT2D eigenvalue weighted by molar-refractivity contribution is -0.145. The highest BCUT2D eigenvalue weighted by Crippen LogP contribution is 2.17. The van der Waals surface area contributed by atoms with Gasteiger partial charge in [0.05, 0.1) is 5.00 Å². The van der Waals surface area contributed by atoms with Gasteiger partial charge in [0, 0.05) is 4.88 Å². The van der Waals surface area contributed by atoms with Gasteiger partial charge in [-0.1, -0.05) is 6.07 Å². The molecular weight excluding hydrogens is 254 g/mol. The number of ether oxygens (including phenoxy) is 1. The number of rotatable bonds is 5. The summed E-state index contributed by atoms with van der Waals surface area (Å²) in [6.45, 7) is 2.16. The Morgan fingerprint density at radius 2 is 2.12 bits per heavy atom. The molecule has 0 saturated heterocycles. The largest absolute Gasteiger partial charge is 0.458 e. The van der Waals surface area contributed by atoms with Crippen molar-refractivity contribution in [1.82, 2.24) is 0 Å². The zero-order valence-electron chi connectivity index (χ0n) is 9.38. The summed E-state index contributed by atoms with van der Waals surface area (Å²) in [4.78, 5) is 12.7. The molecule has 1 N–H and O–H groups in total. The van der Waals surface area contributed by atoms with Gasteiger partial charge in [0.25, 0.3) is 0 Å². The molecular formula is C12H13NO2S2. The van der Waals surface area contributed by atoms with E-state index >= 15 is 0 Å². The standard InChI is InChI=1S/C12H13NO2S2/c1-9(13-11-5-3-7-17-11)12(14)15-8-10-4-2-6-16-10/h2-7,9,13H,8H2,1H3/t9-/m0/s1. The molecule has 2 heterocycles. The van der Waals surface area contributed by atoms with E-state index in [1.165, 1.54) is 0 Å². The van der Waals surface area contributed by atoms with Crippen LogP contribution in [0.15, 0.2) is 35.0 Å². The van der Waals surface area contributed by atoms with E-state index in [1.54, 1.807) is 29.6 Å². The van der Waals surface area contributed by atoms with Gasteiger partial charge in [-0.15, -0.1) is 22.7 Å². The minimum Gasteiger partial charge on any atom is -0.458 e. The van der Waals surface area contributed by atoms with E-state index in [4.69, 9.17) is 4.74 Å². The van der Waals surface area contributed by atoms with Crippen molar-refractivity contribution in [3.05, 3.63) is 39.9 Å². The monoisotopic (exact) mass is 267 g/mol. The highest BCUT2D eigenvalue weighted by atomic mass is 32.1. The topological polar surface area (TPSA) is 38.3 Å². The Hall–Kier alpha value is -1.33. The average molecular weight is 267 g/mol. The minimum absolute atomic E-state index is 0.230. The van der Waals surface area contributed by atoms with Crippen LogP contribution in [0.1, 0.15) is 11.8 Å². The maximum absolute atomic E-state index is 11.7.